The summed E-state index contributed by atoms with van der Waals surface area (Å²) in [6.45, 7) is 4.03. The molecule has 24 heavy (non-hydrogen) atoms. The molecule has 0 fully saturated rings. The number of amides is 2. The number of urea groups is 1. The first kappa shape index (κ1) is 16.1. The molecular weight excluding hydrogens is 306 g/mol. The summed E-state index contributed by atoms with van der Waals surface area (Å²) in [6, 6.07) is 9.55. The number of hydrogen-bond acceptors (Lipinski definition) is 4. The smallest absolute Gasteiger partial charge is 0.318 e. The number of nitrogens with zero attached hydrogens (tertiary/aromatic N) is 2. The van der Waals surface area contributed by atoms with Crippen LogP contribution in [0.15, 0.2) is 36.5 Å². The third-order valence-electron chi connectivity index (χ3n) is 3.98. The lowest BCUT2D eigenvalue weighted by Crippen LogP contribution is -2.36. The molecule has 3 rings (SSSR count). The predicted octanol–water partition coefficient (Wildman–Crippen LogP) is 2.71. The molecule has 1 N–H and O–H groups in total. The summed E-state index contributed by atoms with van der Waals surface area (Å²) in [4.78, 5) is 18.4. The summed E-state index contributed by atoms with van der Waals surface area (Å²) >= 11 is 0. The van der Waals surface area contributed by atoms with Gasteiger partial charge >= 0.3 is 6.03 Å². The molecule has 0 saturated carbocycles. The molecule has 0 aliphatic carbocycles. The van der Waals surface area contributed by atoms with Crippen LogP contribution in [0.5, 0.6) is 11.6 Å². The maximum absolute atomic E-state index is 12.4. The van der Waals surface area contributed by atoms with Crippen LogP contribution in [0.4, 0.5) is 4.79 Å². The Labute approximate surface area is 141 Å². The Morgan fingerprint density at radius 1 is 1.29 bits per heavy atom. The number of carbonyl (C=O) groups excluding carboxylic acids is 1. The van der Waals surface area contributed by atoms with Crippen LogP contribution >= 0.6 is 0 Å². The molecule has 2 heterocycles. The number of ether oxygens (including phenoxy) is 2. The van der Waals surface area contributed by atoms with Crippen molar-refractivity contribution in [2.24, 2.45) is 0 Å². The average Bonchev–Trinajstić information content (AvgIpc) is 3.04. The van der Waals surface area contributed by atoms with Gasteiger partial charge in [-0.05, 0) is 36.2 Å². The lowest BCUT2D eigenvalue weighted by Gasteiger charge is -2.17. The van der Waals surface area contributed by atoms with Gasteiger partial charge in [0.1, 0.15) is 5.75 Å². The summed E-state index contributed by atoms with van der Waals surface area (Å²) in [6.07, 6.45) is 1.68. The number of benzene rings is 1. The summed E-state index contributed by atoms with van der Waals surface area (Å²) in [5.41, 5.74) is 3.15. The second-order valence-corrected chi connectivity index (χ2v) is 5.55. The van der Waals surface area contributed by atoms with Gasteiger partial charge in [-0.2, -0.15) is 0 Å². The minimum absolute atomic E-state index is 0.100. The number of rotatable bonds is 5. The Morgan fingerprint density at radius 3 is 2.92 bits per heavy atom. The van der Waals surface area contributed by atoms with Gasteiger partial charge in [-0.15, -0.1) is 0 Å². The summed E-state index contributed by atoms with van der Waals surface area (Å²) in [5.74, 6) is 1.38. The Bertz CT molecular complexity index is 733. The van der Waals surface area contributed by atoms with E-state index in [0.717, 1.165) is 22.4 Å². The molecule has 0 unspecified atom stereocenters. The van der Waals surface area contributed by atoms with E-state index in [4.69, 9.17) is 9.47 Å². The van der Waals surface area contributed by atoms with Gasteiger partial charge in [-0.25, -0.2) is 9.78 Å². The van der Waals surface area contributed by atoms with E-state index in [-0.39, 0.29) is 6.03 Å². The van der Waals surface area contributed by atoms with Crippen molar-refractivity contribution in [1.82, 2.24) is 15.2 Å². The minimum Gasteiger partial charge on any atom is -0.497 e. The molecule has 6 nitrogen and oxygen atoms in total. The fraction of sp³-hybridized carbons (Fsp3) is 0.333. The first-order valence-corrected chi connectivity index (χ1v) is 7.96. The van der Waals surface area contributed by atoms with Crippen LogP contribution in [0.3, 0.4) is 0 Å². The van der Waals surface area contributed by atoms with E-state index in [0.29, 0.717) is 32.1 Å². The molecule has 2 aromatic rings. The zero-order valence-electron chi connectivity index (χ0n) is 13.9. The lowest BCUT2D eigenvalue weighted by molar-refractivity contribution is 0.198. The molecule has 1 aromatic carbocycles. The van der Waals surface area contributed by atoms with Crippen LogP contribution in [0.25, 0.3) is 0 Å². The maximum atomic E-state index is 12.4. The largest absolute Gasteiger partial charge is 0.497 e. The van der Waals surface area contributed by atoms with E-state index >= 15 is 0 Å². The molecule has 126 valence electrons. The van der Waals surface area contributed by atoms with Gasteiger partial charge in [0.25, 0.3) is 0 Å². The molecule has 1 aliphatic heterocycles. The summed E-state index contributed by atoms with van der Waals surface area (Å²) in [7, 11) is 1.64. The fourth-order valence-corrected chi connectivity index (χ4v) is 2.75. The monoisotopic (exact) mass is 327 g/mol. The molecule has 6 heteroatoms. The topological polar surface area (TPSA) is 63.7 Å². The van der Waals surface area contributed by atoms with Crippen molar-refractivity contribution in [2.75, 3.05) is 13.7 Å². The number of aromatic nitrogens is 1. The fourth-order valence-electron chi connectivity index (χ4n) is 2.75. The van der Waals surface area contributed by atoms with Crippen molar-refractivity contribution in [3.05, 3.63) is 53.2 Å². The summed E-state index contributed by atoms with van der Waals surface area (Å²) < 4.78 is 10.7. The van der Waals surface area contributed by atoms with Gasteiger partial charge in [0.2, 0.25) is 5.88 Å². The lowest BCUT2D eigenvalue weighted by atomic mass is 10.1. The second kappa shape index (κ2) is 7.21. The molecule has 1 aromatic heterocycles. The number of pyridine rings is 1. The normalized spacial score (nSPS) is 12.7. The highest BCUT2D eigenvalue weighted by atomic mass is 16.5. The van der Waals surface area contributed by atoms with Crippen LogP contribution in [-0.4, -0.2) is 29.6 Å². The first-order chi connectivity index (χ1) is 11.7. The molecule has 0 radical (unpaired) electrons. The molecule has 0 atom stereocenters. The van der Waals surface area contributed by atoms with Crippen LogP contribution < -0.4 is 14.8 Å². The number of carbonyl (C=O) groups is 1. The Balaban J connectivity index is 1.61. The van der Waals surface area contributed by atoms with Crippen molar-refractivity contribution >= 4 is 6.03 Å². The Kier molecular flexibility index (Phi) is 4.84. The first-order valence-electron chi connectivity index (χ1n) is 7.96. The molecule has 2 amide bonds. The van der Waals surface area contributed by atoms with E-state index in [1.165, 1.54) is 0 Å². The van der Waals surface area contributed by atoms with Crippen LogP contribution in [0.2, 0.25) is 0 Å². The van der Waals surface area contributed by atoms with Gasteiger partial charge in [-0.3, -0.25) is 0 Å². The molecule has 0 saturated heterocycles. The van der Waals surface area contributed by atoms with Gasteiger partial charge in [-0.1, -0.05) is 12.1 Å². The third-order valence-corrected chi connectivity index (χ3v) is 3.98. The van der Waals surface area contributed by atoms with E-state index < -0.39 is 0 Å². The van der Waals surface area contributed by atoms with Crippen molar-refractivity contribution in [3.8, 4) is 11.6 Å². The molecule has 0 bridgehead atoms. The number of hydrogen-bond donors (Lipinski definition) is 1. The number of fused-ring (bicyclic) bond motifs is 1. The highest BCUT2D eigenvalue weighted by molar-refractivity contribution is 5.75. The SMILES string of the molecule is CCOc1ncccc1CNC(=O)N1Cc2ccc(OC)cc2C1. The zero-order valence-corrected chi connectivity index (χ0v) is 13.9. The Morgan fingerprint density at radius 2 is 2.12 bits per heavy atom. The Hall–Kier alpha value is -2.76. The minimum atomic E-state index is -0.100. The highest BCUT2D eigenvalue weighted by Crippen LogP contribution is 2.26. The van der Waals surface area contributed by atoms with Gasteiger partial charge in [0, 0.05) is 31.4 Å². The van der Waals surface area contributed by atoms with E-state index in [2.05, 4.69) is 10.3 Å². The van der Waals surface area contributed by atoms with E-state index in [1.54, 1.807) is 18.2 Å². The summed E-state index contributed by atoms with van der Waals surface area (Å²) in [5, 5.41) is 2.94. The number of nitrogens with one attached hydrogen (secondary N) is 1. The molecule has 0 spiro atoms. The maximum Gasteiger partial charge on any atom is 0.318 e. The van der Waals surface area contributed by atoms with Gasteiger partial charge < -0.3 is 19.7 Å². The van der Waals surface area contributed by atoms with Crippen LogP contribution in [0, 0.1) is 0 Å². The van der Waals surface area contributed by atoms with Crippen molar-refractivity contribution in [3.63, 3.8) is 0 Å². The average molecular weight is 327 g/mol. The zero-order chi connectivity index (χ0) is 16.9. The molecule has 1 aliphatic rings. The van der Waals surface area contributed by atoms with E-state index in [1.807, 2.05) is 37.3 Å². The highest BCUT2D eigenvalue weighted by Gasteiger charge is 2.23. The van der Waals surface area contributed by atoms with Crippen molar-refractivity contribution in [1.29, 1.82) is 0 Å². The van der Waals surface area contributed by atoms with Crippen molar-refractivity contribution < 1.29 is 14.3 Å². The third kappa shape index (κ3) is 3.42. The van der Waals surface area contributed by atoms with Crippen molar-refractivity contribution in [2.45, 2.75) is 26.6 Å². The second-order valence-electron chi connectivity index (χ2n) is 5.55. The van der Waals surface area contributed by atoms with Crippen LogP contribution in [0.1, 0.15) is 23.6 Å². The quantitative estimate of drug-likeness (QED) is 0.917. The van der Waals surface area contributed by atoms with Gasteiger partial charge in [0.15, 0.2) is 0 Å². The predicted molar refractivity (Wildman–Crippen MR) is 89.9 cm³/mol. The van der Waals surface area contributed by atoms with Gasteiger partial charge in [0.05, 0.1) is 13.7 Å². The van der Waals surface area contributed by atoms with Crippen LogP contribution in [-0.2, 0) is 19.6 Å². The number of methoxy groups -OCH3 is 1. The standard InChI is InChI=1S/C18H21N3O3/c1-3-24-17-13(5-4-8-19-17)10-20-18(22)21-11-14-6-7-16(23-2)9-15(14)12-21/h4-9H,3,10-12H2,1-2H3,(H,20,22). The molecular formula is C18H21N3O3. The van der Waals surface area contributed by atoms with E-state index in [9.17, 15) is 4.79 Å².